The minimum absolute atomic E-state index is 0.0884. The highest BCUT2D eigenvalue weighted by Gasteiger charge is 1.99. The Morgan fingerprint density at radius 3 is 2.12 bits per heavy atom. The largest absolute Gasteiger partial charge is 0.506 e. The highest BCUT2D eigenvalue weighted by Crippen LogP contribution is 2.25. The number of nitrogens with two attached hydrogens (primary N) is 1. The maximum atomic E-state index is 9.39. The normalized spacial score (nSPS) is 12.7. The van der Waals surface area contributed by atoms with Gasteiger partial charge in [0.2, 0.25) is 0 Å². The van der Waals surface area contributed by atoms with Gasteiger partial charge in [0.05, 0.1) is 23.7 Å². The van der Waals surface area contributed by atoms with Crippen molar-refractivity contribution >= 4 is 17.1 Å². The Balaban J connectivity index is 0.000000324. The maximum absolute atomic E-state index is 9.39. The van der Waals surface area contributed by atoms with Crippen LogP contribution in [0.25, 0.3) is 0 Å². The fourth-order valence-corrected chi connectivity index (χ4v) is 2.17. The number of rotatable bonds is 8. The van der Waals surface area contributed by atoms with Crippen LogP contribution in [-0.2, 0) is 0 Å². The monoisotopic (exact) mass is 343 g/mol. The summed E-state index contributed by atoms with van der Waals surface area (Å²) >= 11 is 0. The van der Waals surface area contributed by atoms with E-state index < -0.39 is 0 Å². The molecule has 0 bridgehead atoms. The zero-order chi connectivity index (χ0) is 18.5. The van der Waals surface area contributed by atoms with E-state index >= 15 is 0 Å². The number of hydrogen-bond donors (Lipinski definition) is 4. The third kappa shape index (κ3) is 8.74. The predicted molar refractivity (Wildman–Crippen MR) is 105 cm³/mol. The molecule has 5 N–H and O–H groups in total. The van der Waals surface area contributed by atoms with Crippen LogP contribution in [-0.4, -0.2) is 23.1 Å². The van der Waals surface area contributed by atoms with Gasteiger partial charge in [0.25, 0.3) is 0 Å². The quantitative estimate of drug-likeness (QED) is 0.234. The molecule has 5 nitrogen and oxygen atoms in total. The summed E-state index contributed by atoms with van der Waals surface area (Å²) in [7, 11) is 0. The number of nitrogens with one attached hydrogen (secondary N) is 2. The summed E-state index contributed by atoms with van der Waals surface area (Å²) < 4.78 is 5.53. The first-order valence-corrected chi connectivity index (χ1v) is 8.78. The molecule has 0 amide bonds. The molecule has 2 rings (SSSR count). The van der Waals surface area contributed by atoms with Gasteiger partial charge >= 0.3 is 0 Å². The van der Waals surface area contributed by atoms with Crippen LogP contribution in [0.4, 0.5) is 5.69 Å². The van der Waals surface area contributed by atoms with Gasteiger partial charge in [-0.05, 0) is 30.7 Å². The van der Waals surface area contributed by atoms with E-state index in [-0.39, 0.29) is 17.2 Å². The lowest BCUT2D eigenvalue weighted by Gasteiger charge is -2.07. The van der Waals surface area contributed by atoms with E-state index in [4.69, 9.17) is 21.3 Å². The summed E-state index contributed by atoms with van der Waals surface area (Å²) in [5.41, 5.74) is 6.46. The molecule has 1 aliphatic rings. The first-order chi connectivity index (χ1) is 12.0. The lowest BCUT2D eigenvalue weighted by atomic mass is 10.1. The smallest absolute Gasteiger partial charge is 0.142 e. The fourth-order valence-electron chi connectivity index (χ4n) is 2.17. The summed E-state index contributed by atoms with van der Waals surface area (Å²) in [4.78, 5) is 0. The number of ether oxygens (including phenoxy) is 1. The van der Waals surface area contributed by atoms with Crippen molar-refractivity contribution in [1.82, 2.24) is 0 Å². The first-order valence-electron chi connectivity index (χ1n) is 8.78. The van der Waals surface area contributed by atoms with Crippen LogP contribution in [0.2, 0.25) is 0 Å². The summed E-state index contributed by atoms with van der Waals surface area (Å²) in [5.74, 6) is 0.774. The minimum Gasteiger partial charge on any atom is -0.506 e. The first kappa shape index (κ1) is 20.5. The van der Waals surface area contributed by atoms with Gasteiger partial charge < -0.3 is 15.6 Å². The molecular weight excluding hydrogens is 314 g/mol. The number of nitrogen functional groups attached to an aromatic ring is 1. The molecule has 0 saturated heterocycles. The van der Waals surface area contributed by atoms with Crippen molar-refractivity contribution in [2.24, 2.45) is 0 Å². The molecule has 0 saturated carbocycles. The molecule has 1 aromatic carbocycles. The molecule has 0 aliphatic heterocycles. The highest BCUT2D eigenvalue weighted by molar-refractivity contribution is 6.48. The summed E-state index contributed by atoms with van der Waals surface area (Å²) in [6.07, 6.45) is 14.2. The van der Waals surface area contributed by atoms with Crippen molar-refractivity contribution < 1.29 is 9.84 Å². The van der Waals surface area contributed by atoms with Crippen LogP contribution in [0.3, 0.4) is 0 Å². The van der Waals surface area contributed by atoms with Crippen LogP contribution >= 0.6 is 0 Å². The van der Waals surface area contributed by atoms with Crippen molar-refractivity contribution in [2.45, 2.75) is 45.4 Å². The number of hydrogen-bond acceptors (Lipinski definition) is 5. The molecule has 0 fully saturated rings. The molecular formula is C20H29N3O2. The number of anilines is 1. The number of benzene rings is 1. The third-order valence-electron chi connectivity index (χ3n) is 3.70. The Kier molecular flexibility index (Phi) is 9.75. The van der Waals surface area contributed by atoms with Crippen molar-refractivity contribution in [2.75, 3.05) is 12.3 Å². The average molecular weight is 343 g/mol. The Morgan fingerprint density at radius 2 is 1.56 bits per heavy atom. The molecule has 25 heavy (non-hydrogen) atoms. The number of phenols is 1. The maximum Gasteiger partial charge on any atom is 0.142 e. The van der Waals surface area contributed by atoms with Crippen LogP contribution in [0.5, 0.6) is 11.5 Å². The van der Waals surface area contributed by atoms with Crippen molar-refractivity contribution in [3.8, 4) is 11.5 Å². The van der Waals surface area contributed by atoms with E-state index in [0.29, 0.717) is 18.0 Å². The van der Waals surface area contributed by atoms with Crippen molar-refractivity contribution in [3.63, 3.8) is 0 Å². The predicted octanol–water partition coefficient (Wildman–Crippen LogP) is 4.87. The summed E-state index contributed by atoms with van der Waals surface area (Å²) in [6, 6.07) is 5.00. The van der Waals surface area contributed by atoms with E-state index in [0.717, 1.165) is 6.42 Å². The zero-order valence-electron chi connectivity index (χ0n) is 14.9. The van der Waals surface area contributed by atoms with Crippen LogP contribution in [0.15, 0.2) is 42.5 Å². The molecule has 0 atom stereocenters. The Bertz CT molecular complexity index is 599. The summed E-state index contributed by atoms with van der Waals surface area (Å²) in [5, 5.41) is 23.5. The Morgan fingerprint density at radius 1 is 0.960 bits per heavy atom. The van der Waals surface area contributed by atoms with Gasteiger partial charge in [-0.2, -0.15) is 0 Å². The van der Waals surface area contributed by atoms with Crippen LogP contribution in [0, 0.1) is 10.8 Å². The molecule has 0 aromatic heterocycles. The lowest BCUT2D eigenvalue weighted by molar-refractivity contribution is 0.303. The van der Waals surface area contributed by atoms with E-state index in [1.54, 1.807) is 42.5 Å². The highest BCUT2D eigenvalue weighted by atomic mass is 16.5. The standard InChI is InChI=1S/C14H23NO2.C6H6N2/c1-2-3-4-5-6-7-10-17-12-8-9-13(15)14(16)11-12;7-5-3-1-2-4-6(5)8/h8-9,11,16H,2-7,10,15H2,1H3;1-4,7-8H. The van der Waals surface area contributed by atoms with E-state index in [9.17, 15) is 5.11 Å². The van der Waals surface area contributed by atoms with Gasteiger partial charge in [0, 0.05) is 6.07 Å². The minimum atomic E-state index is 0.0884. The van der Waals surface area contributed by atoms with E-state index in [1.165, 1.54) is 32.1 Å². The molecule has 1 aromatic rings. The van der Waals surface area contributed by atoms with Gasteiger partial charge in [0.1, 0.15) is 11.5 Å². The second kappa shape index (κ2) is 11.9. The van der Waals surface area contributed by atoms with Gasteiger partial charge in [-0.3, -0.25) is 10.8 Å². The van der Waals surface area contributed by atoms with Gasteiger partial charge in [-0.1, -0.05) is 51.2 Å². The number of phenolic OH excluding ortho intramolecular Hbond substituents is 1. The zero-order valence-corrected chi connectivity index (χ0v) is 14.9. The molecule has 0 heterocycles. The second-order valence-electron chi connectivity index (χ2n) is 5.88. The number of aromatic hydroxyl groups is 1. The lowest BCUT2D eigenvalue weighted by Crippen LogP contribution is -2.06. The Labute approximate surface area is 150 Å². The SMILES string of the molecule is CCCCCCCCOc1ccc(N)c(O)c1.N=C1C=CC=CC1=N. The van der Waals surface area contributed by atoms with Gasteiger partial charge in [-0.15, -0.1) is 0 Å². The van der Waals surface area contributed by atoms with Crippen LogP contribution < -0.4 is 10.5 Å². The average Bonchev–Trinajstić information content (AvgIpc) is 2.60. The molecule has 136 valence electrons. The molecule has 0 unspecified atom stereocenters. The number of allylic oxidation sites excluding steroid dienone is 4. The van der Waals surface area contributed by atoms with E-state index in [1.807, 2.05) is 0 Å². The second-order valence-corrected chi connectivity index (χ2v) is 5.88. The fraction of sp³-hybridized carbons (Fsp3) is 0.400. The van der Waals surface area contributed by atoms with Gasteiger partial charge in [0.15, 0.2) is 0 Å². The third-order valence-corrected chi connectivity index (χ3v) is 3.70. The van der Waals surface area contributed by atoms with Crippen molar-refractivity contribution in [1.29, 1.82) is 10.8 Å². The molecule has 0 radical (unpaired) electrons. The van der Waals surface area contributed by atoms with Crippen LogP contribution in [0.1, 0.15) is 45.4 Å². The molecule has 0 spiro atoms. The van der Waals surface area contributed by atoms with Crippen molar-refractivity contribution in [3.05, 3.63) is 42.5 Å². The molecule has 1 aliphatic carbocycles. The topological polar surface area (TPSA) is 103 Å². The Hall–Kier alpha value is -2.56. The van der Waals surface area contributed by atoms with Gasteiger partial charge in [-0.25, -0.2) is 0 Å². The molecule has 5 heteroatoms. The number of unbranched alkanes of at least 4 members (excludes halogenated alkanes) is 5. The summed E-state index contributed by atoms with van der Waals surface area (Å²) in [6.45, 7) is 2.92. The van der Waals surface area contributed by atoms with E-state index in [2.05, 4.69) is 6.92 Å².